The van der Waals surface area contributed by atoms with Crippen LogP contribution in [0, 0.1) is 0 Å². The molecule has 1 saturated heterocycles. The molecule has 2 N–H and O–H groups in total. The van der Waals surface area contributed by atoms with Crippen molar-refractivity contribution in [2.45, 2.75) is 31.7 Å². The van der Waals surface area contributed by atoms with E-state index >= 15 is 0 Å². The lowest BCUT2D eigenvalue weighted by Crippen LogP contribution is -2.92. The van der Waals surface area contributed by atoms with Crippen LogP contribution in [-0.2, 0) is 16.0 Å². The van der Waals surface area contributed by atoms with Crippen LogP contribution in [0.5, 0.6) is 0 Å². The molecule has 4 nitrogen and oxygen atoms in total. The van der Waals surface area contributed by atoms with Crippen molar-refractivity contribution in [3.63, 3.8) is 0 Å². The number of aryl methyl sites for hydroxylation is 1. The molecular formula is C26H27N2O2+. The number of quaternary nitrogens is 1. The Labute approximate surface area is 177 Å². The number of hydrogen-bond donors (Lipinski definition) is 1. The molecule has 1 atom stereocenters. The molecule has 0 radical (unpaired) electrons. The Morgan fingerprint density at radius 3 is 1.97 bits per heavy atom. The highest BCUT2D eigenvalue weighted by atomic mass is 16.2. The monoisotopic (exact) mass is 399 g/mol. The van der Waals surface area contributed by atoms with Crippen LogP contribution in [0.4, 0.5) is 5.69 Å². The van der Waals surface area contributed by atoms with Gasteiger partial charge in [-0.2, -0.15) is 0 Å². The van der Waals surface area contributed by atoms with E-state index in [1.54, 1.807) is 0 Å². The molecule has 0 bridgehead atoms. The zero-order valence-corrected chi connectivity index (χ0v) is 17.2. The van der Waals surface area contributed by atoms with Crippen molar-refractivity contribution < 1.29 is 14.9 Å². The second-order valence-electron chi connectivity index (χ2n) is 7.74. The first-order valence-electron chi connectivity index (χ1n) is 10.6. The molecule has 4 rings (SSSR count). The summed E-state index contributed by atoms with van der Waals surface area (Å²) in [5.74, 6) is -0.0845. The molecule has 2 amide bonds. The number of amides is 2. The van der Waals surface area contributed by atoms with E-state index < -0.39 is 0 Å². The van der Waals surface area contributed by atoms with Crippen molar-refractivity contribution in [1.82, 2.24) is 0 Å². The van der Waals surface area contributed by atoms with Crippen LogP contribution < -0.4 is 10.2 Å². The third-order valence-electron chi connectivity index (χ3n) is 5.84. The minimum absolute atomic E-state index is 0.121. The molecule has 152 valence electrons. The molecule has 1 fully saturated rings. The van der Waals surface area contributed by atoms with Gasteiger partial charge in [-0.05, 0) is 35.2 Å². The molecule has 3 aromatic carbocycles. The summed E-state index contributed by atoms with van der Waals surface area (Å²) in [5.41, 5.74) is 4.28. The Morgan fingerprint density at radius 1 is 0.867 bits per heavy atom. The predicted octanol–water partition coefficient (Wildman–Crippen LogP) is 3.28. The average molecular weight is 400 g/mol. The van der Waals surface area contributed by atoms with Crippen LogP contribution in [0.1, 0.15) is 36.0 Å². The molecule has 0 aromatic heterocycles. The molecule has 1 aliphatic rings. The Hall–Kier alpha value is -3.24. The number of benzene rings is 3. The van der Waals surface area contributed by atoms with Crippen molar-refractivity contribution in [3.05, 3.63) is 102 Å². The van der Waals surface area contributed by atoms with Gasteiger partial charge < -0.3 is 5.32 Å². The van der Waals surface area contributed by atoms with E-state index in [2.05, 4.69) is 31.2 Å². The highest BCUT2D eigenvalue weighted by Crippen LogP contribution is 2.24. The second-order valence-corrected chi connectivity index (χ2v) is 7.74. The van der Waals surface area contributed by atoms with Gasteiger partial charge in [0, 0.05) is 0 Å². The molecule has 1 heterocycles. The summed E-state index contributed by atoms with van der Waals surface area (Å²) in [4.78, 5) is 27.0. The Kier molecular flexibility index (Phi) is 6.05. The standard InChI is InChI=1S/C26H26N2O2/c1-2-19-13-15-22(16-14-19)28-25(29)17-24(26(28)30)27-18-23(20-9-5-3-6-10-20)21-11-7-4-8-12-21/h3-16,23-24,27H,2,17-18H2,1H3/p+1/t24-/m0/s1. The average Bonchev–Trinajstić information content (AvgIpc) is 3.08. The maximum absolute atomic E-state index is 13.0. The van der Waals surface area contributed by atoms with Gasteiger partial charge in [-0.25, -0.2) is 4.90 Å². The molecule has 3 aromatic rings. The number of imide groups is 1. The van der Waals surface area contributed by atoms with E-state index in [1.807, 2.05) is 66.0 Å². The van der Waals surface area contributed by atoms with Gasteiger partial charge in [0.1, 0.15) is 0 Å². The first-order chi connectivity index (χ1) is 14.7. The normalized spacial score (nSPS) is 16.5. The molecular weight excluding hydrogens is 372 g/mol. The first kappa shape index (κ1) is 20.0. The maximum atomic E-state index is 13.0. The summed E-state index contributed by atoms with van der Waals surface area (Å²) in [6, 6.07) is 28.0. The van der Waals surface area contributed by atoms with Crippen molar-refractivity contribution in [3.8, 4) is 0 Å². The molecule has 1 aliphatic heterocycles. The number of hydrogen-bond acceptors (Lipinski definition) is 2. The van der Waals surface area contributed by atoms with Crippen molar-refractivity contribution in [1.29, 1.82) is 0 Å². The van der Waals surface area contributed by atoms with Gasteiger partial charge in [-0.3, -0.25) is 9.59 Å². The molecule has 4 heteroatoms. The van der Waals surface area contributed by atoms with E-state index in [1.165, 1.54) is 21.6 Å². The Bertz CT molecular complexity index is 961. The zero-order chi connectivity index (χ0) is 20.9. The quantitative estimate of drug-likeness (QED) is 0.620. The van der Waals surface area contributed by atoms with Gasteiger partial charge in [-0.1, -0.05) is 79.7 Å². The number of nitrogens with two attached hydrogens (primary N) is 1. The van der Waals surface area contributed by atoms with Crippen LogP contribution >= 0.6 is 0 Å². The number of anilines is 1. The molecule has 0 spiro atoms. The third kappa shape index (κ3) is 4.19. The summed E-state index contributed by atoms with van der Waals surface area (Å²) < 4.78 is 0. The SMILES string of the molecule is CCc1ccc(N2C(=O)C[C@H]([NH2+]CC(c3ccccc3)c3ccccc3)C2=O)cc1. The van der Waals surface area contributed by atoms with Gasteiger partial charge in [0.25, 0.3) is 5.91 Å². The topological polar surface area (TPSA) is 54.0 Å². The van der Waals surface area contributed by atoms with Crippen molar-refractivity contribution in [2.75, 3.05) is 11.4 Å². The summed E-state index contributed by atoms with van der Waals surface area (Å²) in [5, 5.41) is 2.03. The van der Waals surface area contributed by atoms with Gasteiger partial charge in [0.15, 0.2) is 6.04 Å². The third-order valence-corrected chi connectivity index (χ3v) is 5.84. The fraction of sp³-hybridized carbons (Fsp3) is 0.231. The van der Waals surface area contributed by atoms with Gasteiger partial charge in [0.2, 0.25) is 5.91 Å². The number of carbonyl (C=O) groups is 2. The summed E-state index contributed by atoms with van der Waals surface area (Å²) in [7, 11) is 0. The van der Waals surface area contributed by atoms with Gasteiger partial charge in [-0.15, -0.1) is 0 Å². The summed E-state index contributed by atoms with van der Waals surface area (Å²) >= 11 is 0. The summed E-state index contributed by atoms with van der Waals surface area (Å²) in [6.07, 6.45) is 1.17. The van der Waals surface area contributed by atoms with E-state index in [9.17, 15) is 9.59 Å². The lowest BCUT2D eigenvalue weighted by atomic mass is 9.91. The molecule has 0 aliphatic carbocycles. The fourth-order valence-electron chi connectivity index (χ4n) is 4.13. The number of nitrogens with zero attached hydrogens (tertiary/aromatic N) is 1. The van der Waals surface area contributed by atoms with Crippen LogP contribution in [0.15, 0.2) is 84.9 Å². The molecule has 0 unspecified atom stereocenters. The Morgan fingerprint density at radius 2 is 1.43 bits per heavy atom. The van der Waals surface area contributed by atoms with Crippen molar-refractivity contribution >= 4 is 17.5 Å². The lowest BCUT2D eigenvalue weighted by molar-refractivity contribution is -0.675. The van der Waals surface area contributed by atoms with Crippen LogP contribution in [0.25, 0.3) is 0 Å². The maximum Gasteiger partial charge on any atom is 0.292 e. The van der Waals surface area contributed by atoms with Gasteiger partial charge >= 0.3 is 0 Å². The van der Waals surface area contributed by atoms with E-state index in [0.29, 0.717) is 12.2 Å². The molecule has 30 heavy (non-hydrogen) atoms. The van der Waals surface area contributed by atoms with E-state index in [4.69, 9.17) is 0 Å². The number of rotatable bonds is 7. The first-order valence-corrected chi connectivity index (χ1v) is 10.6. The predicted molar refractivity (Wildman–Crippen MR) is 118 cm³/mol. The van der Waals surface area contributed by atoms with Gasteiger partial charge in [0.05, 0.1) is 24.6 Å². The van der Waals surface area contributed by atoms with Crippen LogP contribution in [0.3, 0.4) is 0 Å². The van der Waals surface area contributed by atoms with E-state index in [0.717, 1.165) is 6.42 Å². The lowest BCUT2D eigenvalue weighted by Gasteiger charge is -2.19. The highest BCUT2D eigenvalue weighted by Gasteiger charge is 2.42. The smallest absolute Gasteiger partial charge is 0.292 e. The molecule has 0 saturated carbocycles. The highest BCUT2D eigenvalue weighted by molar-refractivity contribution is 6.21. The fourth-order valence-corrected chi connectivity index (χ4v) is 4.13. The summed E-state index contributed by atoms with van der Waals surface area (Å²) in [6.45, 7) is 2.79. The number of carbonyl (C=O) groups excluding carboxylic acids is 2. The van der Waals surface area contributed by atoms with E-state index in [-0.39, 0.29) is 30.2 Å². The van der Waals surface area contributed by atoms with Crippen LogP contribution in [-0.4, -0.2) is 24.4 Å². The minimum Gasteiger partial charge on any atom is -0.335 e. The Balaban J connectivity index is 1.50. The largest absolute Gasteiger partial charge is 0.335 e. The minimum atomic E-state index is -0.377. The zero-order valence-electron chi connectivity index (χ0n) is 17.2. The van der Waals surface area contributed by atoms with Crippen molar-refractivity contribution in [2.24, 2.45) is 0 Å². The second kappa shape index (κ2) is 9.06. The van der Waals surface area contributed by atoms with Crippen LogP contribution in [0.2, 0.25) is 0 Å².